The van der Waals surface area contributed by atoms with Gasteiger partial charge in [0.2, 0.25) is 0 Å². The fourth-order valence-electron chi connectivity index (χ4n) is 18.4. The quantitative estimate of drug-likeness (QED) is 0.0973. The number of pyridine rings is 5. The third-order valence-electron chi connectivity index (χ3n) is 25.1. The van der Waals surface area contributed by atoms with E-state index in [0.29, 0.717) is 23.3 Å². The Balaban J connectivity index is 0.000000109. The van der Waals surface area contributed by atoms with Crippen LogP contribution < -0.4 is 0 Å². The van der Waals surface area contributed by atoms with Gasteiger partial charge >= 0.3 is 0 Å². The van der Waals surface area contributed by atoms with Crippen LogP contribution in [0.1, 0.15) is 0 Å². The normalized spacial score (nSPS) is 11.5. The van der Waals surface area contributed by atoms with Crippen molar-refractivity contribution in [2.45, 2.75) is 0 Å². The Labute approximate surface area is 780 Å². The van der Waals surface area contributed by atoms with E-state index in [-0.39, 0.29) is 0 Å². The summed E-state index contributed by atoms with van der Waals surface area (Å²) >= 11 is 0. The van der Waals surface area contributed by atoms with E-state index in [1.54, 1.807) is 0 Å². The molecule has 0 atom stereocenters. The molecule has 0 saturated heterocycles. The van der Waals surface area contributed by atoms with Crippen LogP contribution in [-0.4, -0.2) is 80.8 Å². The lowest BCUT2D eigenvalue weighted by atomic mass is 9.96. The second kappa shape index (κ2) is 34.3. The van der Waals surface area contributed by atoms with Crippen LogP contribution in [0.4, 0.5) is 0 Å². The summed E-state index contributed by atoms with van der Waals surface area (Å²) in [6.45, 7) is 0. The number of hydrogen-bond donors (Lipinski definition) is 0. The zero-order valence-corrected chi connectivity index (χ0v) is 72.8. The van der Waals surface area contributed by atoms with Gasteiger partial charge in [-0.15, -0.1) is 0 Å². The van der Waals surface area contributed by atoms with Gasteiger partial charge in [0.25, 0.3) is 0 Å². The zero-order valence-electron chi connectivity index (χ0n) is 72.8. The molecule has 0 unspecified atom stereocenters. The molecule has 10 aromatic heterocycles. The SMILES string of the molecule is c1ccc(-c2cc(-c3ccc(-c4cccc(-c5nc6ccccc6c6c5ccc5nonc56)c4)cc3)nc(-c3ccccc3)n2)cc1.c1ccc(-c2ccc3ccc4ccc(-c5ccc(-c6nc7ccccc7c7c6ccc6nonc67)cc5)nc4c3n2)cc1.c1ccc(-c2nc(-c3ccccc3)nc(-c3ccc(-c4cccc(-c5nc6ccccc6c6c5ccc5nonc56)c4)cc3)n2)cc1. The van der Waals surface area contributed by atoms with E-state index in [9.17, 15) is 0 Å². The maximum absolute atomic E-state index is 5.13. The smallest absolute Gasteiger partial charge is 0.164 e. The third kappa shape index (κ3) is 15.1. The van der Waals surface area contributed by atoms with Crippen LogP contribution in [0.5, 0.6) is 0 Å². The monoisotopic (exact) mass is 1760 g/mol. The van der Waals surface area contributed by atoms with Gasteiger partial charge in [-0.1, -0.05) is 340 Å². The lowest BCUT2D eigenvalue weighted by molar-refractivity contribution is 0.316. The molecule has 137 heavy (non-hydrogen) atoms. The van der Waals surface area contributed by atoms with Crippen molar-refractivity contribution in [1.82, 2.24) is 80.8 Å². The molecule has 19 heteroatoms. The highest BCUT2D eigenvalue weighted by molar-refractivity contribution is 6.23. The molecule has 0 radical (unpaired) electrons. The Kier molecular flexibility index (Phi) is 20.0. The van der Waals surface area contributed by atoms with Gasteiger partial charge in [-0.25, -0.2) is 63.7 Å². The average Bonchev–Trinajstić information content (AvgIpc) is 1.72. The second-order valence-electron chi connectivity index (χ2n) is 33.4. The van der Waals surface area contributed by atoms with Gasteiger partial charge in [-0.05, 0) is 138 Å². The first-order chi connectivity index (χ1) is 67.9. The first kappa shape index (κ1) is 80.0. The summed E-state index contributed by atoms with van der Waals surface area (Å²) < 4.78 is 15.3. The molecule has 0 fully saturated rings. The summed E-state index contributed by atoms with van der Waals surface area (Å²) in [5, 5.41) is 36.1. The van der Waals surface area contributed by atoms with E-state index in [1.807, 2.05) is 200 Å². The van der Waals surface area contributed by atoms with E-state index in [0.717, 1.165) is 243 Å². The van der Waals surface area contributed by atoms with Crippen molar-refractivity contribution in [2.24, 2.45) is 0 Å². The lowest BCUT2D eigenvalue weighted by Crippen LogP contribution is -2.00. The highest BCUT2D eigenvalue weighted by Crippen LogP contribution is 2.44. The van der Waals surface area contributed by atoms with Crippen molar-refractivity contribution in [2.75, 3.05) is 0 Å². The van der Waals surface area contributed by atoms with E-state index in [2.05, 4.69) is 255 Å². The molecule has 10 heterocycles. The van der Waals surface area contributed by atoms with Crippen LogP contribution >= 0.6 is 0 Å². The molecule has 0 saturated carbocycles. The summed E-state index contributed by atoms with van der Waals surface area (Å²) in [5.74, 6) is 2.60. The van der Waals surface area contributed by atoms with E-state index in [1.165, 1.54) is 0 Å². The van der Waals surface area contributed by atoms with Crippen molar-refractivity contribution in [3.63, 3.8) is 0 Å². The predicted molar refractivity (Wildman–Crippen MR) is 544 cm³/mol. The highest BCUT2D eigenvalue weighted by Gasteiger charge is 2.23. The summed E-state index contributed by atoms with van der Waals surface area (Å²) in [6.07, 6.45) is 0. The van der Waals surface area contributed by atoms with Crippen molar-refractivity contribution < 1.29 is 13.9 Å². The van der Waals surface area contributed by atoms with Crippen molar-refractivity contribution in [3.05, 3.63) is 425 Å². The number of hydrogen-bond acceptors (Lipinski definition) is 19. The Hall–Kier alpha value is -19.1. The van der Waals surface area contributed by atoms with Gasteiger partial charge in [0.15, 0.2) is 23.3 Å². The fraction of sp³-hybridized carbons (Fsp3) is 0. The van der Waals surface area contributed by atoms with Crippen LogP contribution in [0.2, 0.25) is 0 Å². The summed E-state index contributed by atoms with van der Waals surface area (Å²) in [5.41, 5.74) is 30.5. The molecular formula is C118H70N16O3. The molecule has 0 aliphatic rings. The molecule has 0 amide bonds. The highest BCUT2D eigenvalue weighted by atomic mass is 16.6. The standard InChI is InChI=1S/C41H25N5O.C40H24N6O.C37H21N5O/c1-3-10-27(11-4-1)36-25-37(44-41(43-36)29-12-5-2-6-13-29)28-20-18-26(19-21-28)30-14-9-15-31(24-30)39-33-22-23-35-40(46-47-45-35)38(33)32-16-7-8-17-34(32)42-39;1-3-10-26(11-4-1)38-42-39(27-12-5-2-6-13-27)44-40(43-38)28-20-18-25(19-21-28)29-14-9-15-30(24-29)36-32-22-23-34-37(46-47-45-34)35(32)31-16-7-8-17-33(31)41-36;1-2-6-22(7-3-1)29-19-16-25-14-15-26-17-20-30(39-36(26)35(25)38-29)23-10-12-24(13-11-23)34-28-18-21-32-37(42-43-41-32)33(28)27-8-4-5-9-31(27)40-34/h1-25H;1-24H;1-21H. The van der Waals surface area contributed by atoms with Crippen molar-refractivity contribution in [3.8, 4) is 147 Å². The van der Waals surface area contributed by atoms with Gasteiger partial charge in [-0.3, -0.25) is 0 Å². The van der Waals surface area contributed by atoms with Gasteiger partial charge in [0.05, 0.1) is 67.4 Å². The minimum atomic E-state index is 0.624. The van der Waals surface area contributed by atoms with E-state index < -0.39 is 0 Å². The molecule has 27 rings (SSSR count). The number of fused-ring (bicyclic) bond motifs is 18. The number of benzene rings is 17. The van der Waals surface area contributed by atoms with Gasteiger partial charge < -0.3 is 0 Å². The minimum Gasteiger partial charge on any atom is -0.247 e. The van der Waals surface area contributed by atoms with Crippen molar-refractivity contribution in [1.29, 1.82) is 0 Å². The maximum Gasteiger partial charge on any atom is 0.164 e. The molecule has 17 aromatic carbocycles. The molecule has 640 valence electrons. The van der Waals surface area contributed by atoms with Crippen LogP contribution in [-0.2, 0) is 0 Å². The molecule has 19 nitrogen and oxygen atoms in total. The molecule has 27 aromatic rings. The minimum absolute atomic E-state index is 0.624. The number of aromatic nitrogens is 16. The largest absolute Gasteiger partial charge is 0.247 e. The molecule has 0 N–H and O–H groups in total. The van der Waals surface area contributed by atoms with Gasteiger partial charge in [0, 0.05) is 120 Å². The summed E-state index contributed by atoms with van der Waals surface area (Å²) in [4.78, 5) is 50.0. The van der Waals surface area contributed by atoms with Gasteiger partial charge in [0.1, 0.15) is 33.1 Å². The number of para-hydroxylation sites is 3. The molecule has 0 aliphatic heterocycles. The first-order valence-electron chi connectivity index (χ1n) is 44.8. The Morgan fingerprint density at radius 2 is 0.416 bits per heavy atom. The second-order valence-corrected chi connectivity index (χ2v) is 33.4. The van der Waals surface area contributed by atoms with Crippen LogP contribution in [0.15, 0.2) is 439 Å². The van der Waals surface area contributed by atoms with Crippen LogP contribution in [0.3, 0.4) is 0 Å². The summed E-state index contributed by atoms with van der Waals surface area (Å²) in [7, 11) is 0. The Morgan fingerprint density at radius 1 is 0.139 bits per heavy atom. The molecule has 0 spiro atoms. The fourth-order valence-corrected chi connectivity index (χ4v) is 18.4. The summed E-state index contributed by atoms with van der Waals surface area (Å²) in [6, 6.07) is 144. The number of rotatable bonds is 13. The Bertz CT molecular complexity index is 8870. The topological polar surface area (TPSA) is 246 Å². The van der Waals surface area contributed by atoms with E-state index in [4.69, 9.17) is 63.7 Å². The molecule has 0 bridgehead atoms. The van der Waals surface area contributed by atoms with Crippen LogP contribution in [0.25, 0.3) is 267 Å². The maximum atomic E-state index is 5.13. The lowest BCUT2D eigenvalue weighted by Gasteiger charge is -2.12. The van der Waals surface area contributed by atoms with E-state index >= 15 is 0 Å². The predicted octanol–water partition coefficient (Wildman–Crippen LogP) is 28.5. The molecular weight excluding hydrogens is 1690 g/mol. The first-order valence-corrected chi connectivity index (χ1v) is 44.8. The number of nitrogens with zero attached hydrogens (tertiary/aromatic N) is 16. The average molecular weight is 1760 g/mol. The Morgan fingerprint density at radius 3 is 0.803 bits per heavy atom. The molecule has 0 aliphatic carbocycles. The third-order valence-corrected chi connectivity index (χ3v) is 25.1. The van der Waals surface area contributed by atoms with Crippen molar-refractivity contribution >= 4 is 120 Å². The zero-order chi connectivity index (χ0) is 90.6. The van der Waals surface area contributed by atoms with Gasteiger partial charge in [-0.2, -0.15) is 0 Å². The van der Waals surface area contributed by atoms with Crippen LogP contribution in [0, 0.1) is 0 Å².